The Hall–Kier alpha value is -4.08. The highest BCUT2D eigenvalue weighted by Gasteiger charge is 2.49. The van der Waals surface area contributed by atoms with Crippen LogP contribution >= 0.6 is 0 Å². The molecule has 2 N–H and O–H groups in total. The fraction of sp³-hybridized carbons (Fsp3) is 0.433. The van der Waals surface area contributed by atoms with Crippen molar-refractivity contribution in [2.75, 3.05) is 20.3 Å². The molecule has 2 aromatic carbocycles. The van der Waals surface area contributed by atoms with Crippen molar-refractivity contribution in [3.63, 3.8) is 0 Å². The van der Waals surface area contributed by atoms with Crippen molar-refractivity contribution in [1.29, 1.82) is 0 Å². The minimum absolute atomic E-state index is 0.00975. The Balaban J connectivity index is 1.27. The van der Waals surface area contributed by atoms with Gasteiger partial charge in [0.15, 0.2) is 11.3 Å². The zero-order valence-electron chi connectivity index (χ0n) is 22.6. The monoisotopic (exact) mass is 549 g/mol. The summed E-state index contributed by atoms with van der Waals surface area (Å²) in [6, 6.07) is 9.31. The third-order valence-corrected chi connectivity index (χ3v) is 8.19. The molecule has 1 aromatic heterocycles. The molecule has 0 saturated heterocycles. The van der Waals surface area contributed by atoms with Crippen LogP contribution in [0.25, 0.3) is 11.0 Å². The predicted molar refractivity (Wildman–Crippen MR) is 144 cm³/mol. The molecule has 40 heavy (non-hydrogen) atoms. The normalized spacial score (nSPS) is 20.8. The van der Waals surface area contributed by atoms with Crippen LogP contribution in [0.15, 0.2) is 40.8 Å². The third kappa shape index (κ3) is 4.76. The highest BCUT2D eigenvalue weighted by atomic mass is 19.1. The predicted octanol–water partition coefficient (Wildman–Crippen LogP) is 4.18. The molecule has 1 aliphatic heterocycles. The van der Waals surface area contributed by atoms with Gasteiger partial charge in [0.05, 0.1) is 12.5 Å². The Bertz CT molecular complexity index is 1490. The molecule has 0 bridgehead atoms. The van der Waals surface area contributed by atoms with Gasteiger partial charge in [-0.2, -0.15) is 0 Å². The number of fused-ring (bicyclic) bond motifs is 3. The van der Waals surface area contributed by atoms with Crippen molar-refractivity contribution >= 4 is 28.7 Å². The van der Waals surface area contributed by atoms with Crippen LogP contribution in [0.4, 0.5) is 4.39 Å². The van der Waals surface area contributed by atoms with Crippen LogP contribution in [0.3, 0.4) is 0 Å². The van der Waals surface area contributed by atoms with Gasteiger partial charge < -0.3 is 29.4 Å². The fourth-order valence-electron chi connectivity index (χ4n) is 5.24. The average molecular weight is 550 g/mol. The summed E-state index contributed by atoms with van der Waals surface area (Å²) in [5.74, 6) is -0.507. The Morgan fingerprint density at radius 2 is 1.95 bits per heavy atom. The first-order valence-corrected chi connectivity index (χ1v) is 13.7. The molecule has 3 aliphatic rings. The number of carbonyl (C=O) groups is 3. The van der Waals surface area contributed by atoms with Crippen molar-refractivity contribution in [3.8, 4) is 11.5 Å². The second kappa shape index (κ2) is 10.1. The molecule has 2 aliphatic carbocycles. The van der Waals surface area contributed by atoms with Crippen LogP contribution in [-0.2, 0) is 11.3 Å². The number of ether oxygens (including phenoxy) is 2. The van der Waals surface area contributed by atoms with Gasteiger partial charge in [0.2, 0.25) is 11.7 Å². The molecule has 2 heterocycles. The molecule has 210 valence electrons. The van der Waals surface area contributed by atoms with Crippen LogP contribution in [0.5, 0.6) is 11.5 Å². The van der Waals surface area contributed by atoms with Gasteiger partial charge in [0.1, 0.15) is 23.8 Å². The summed E-state index contributed by atoms with van der Waals surface area (Å²) in [7, 11) is 1.48. The van der Waals surface area contributed by atoms with E-state index < -0.39 is 23.2 Å². The van der Waals surface area contributed by atoms with Crippen molar-refractivity contribution < 1.29 is 32.7 Å². The maximum Gasteiger partial charge on any atom is 0.294 e. The number of halogens is 1. The van der Waals surface area contributed by atoms with E-state index in [1.807, 2.05) is 0 Å². The fourth-order valence-corrected chi connectivity index (χ4v) is 5.24. The van der Waals surface area contributed by atoms with Crippen molar-refractivity contribution in [1.82, 2.24) is 15.5 Å². The third-order valence-electron chi connectivity index (χ3n) is 8.19. The maximum atomic E-state index is 13.9. The number of furan rings is 1. The second-order valence-electron chi connectivity index (χ2n) is 11.1. The molecule has 1 atom stereocenters. The molecule has 3 aromatic rings. The lowest BCUT2D eigenvalue weighted by Crippen LogP contribution is -2.61. The van der Waals surface area contributed by atoms with E-state index in [1.165, 1.54) is 30.2 Å². The van der Waals surface area contributed by atoms with Crippen molar-refractivity contribution in [2.24, 2.45) is 5.92 Å². The molecule has 0 radical (unpaired) electrons. The van der Waals surface area contributed by atoms with E-state index in [0.717, 1.165) is 32.1 Å². The van der Waals surface area contributed by atoms with Gasteiger partial charge in [0.25, 0.3) is 11.8 Å². The van der Waals surface area contributed by atoms with Crippen LogP contribution in [-0.4, -0.2) is 54.5 Å². The lowest BCUT2D eigenvalue weighted by Gasteiger charge is -2.37. The molecule has 3 amide bonds. The Morgan fingerprint density at radius 3 is 2.65 bits per heavy atom. The van der Waals surface area contributed by atoms with Crippen molar-refractivity contribution in [2.45, 2.75) is 57.2 Å². The smallest absolute Gasteiger partial charge is 0.294 e. The van der Waals surface area contributed by atoms with Gasteiger partial charge in [-0.25, -0.2) is 4.39 Å². The first-order chi connectivity index (χ1) is 19.3. The summed E-state index contributed by atoms with van der Waals surface area (Å²) in [6.45, 7) is 1.95. The van der Waals surface area contributed by atoms with Gasteiger partial charge >= 0.3 is 0 Å². The van der Waals surface area contributed by atoms with Gasteiger partial charge in [0, 0.05) is 30.3 Å². The molecule has 2 fully saturated rings. The second-order valence-corrected chi connectivity index (χ2v) is 11.1. The quantitative estimate of drug-likeness (QED) is 0.436. The van der Waals surface area contributed by atoms with Crippen LogP contribution in [0, 0.1) is 11.7 Å². The van der Waals surface area contributed by atoms with E-state index in [4.69, 9.17) is 13.9 Å². The van der Waals surface area contributed by atoms with Gasteiger partial charge in [-0.1, -0.05) is 0 Å². The molecular weight excluding hydrogens is 517 g/mol. The van der Waals surface area contributed by atoms with E-state index in [1.54, 1.807) is 25.1 Å². The van der Waals surface area contributed by atoms with E-state index in [0.29, 0.717) is 34.4 Å². The molecule has 2 saturated carbocycles. The summed E-state index contributed by atoms with van der Waals surface area (Å²) in [5.41, 5.74) is -0.0552. The lowest BCUT2D eigenvalue weighted by molar-refractivity contribution is -0.133. The number of nitrogens with one attached hydrogen (secondary N) is 2. The number of carbonyl (C=O) groups excluding carboxylic acids is 3. The molecule has 10 heteroatoms. The van der Waals surface area contributed by atoms with E-state index in [-0.39, 0.29) is 42.5 Å². The van der Waals surface area contributed by atoms with Crippen LogP contribution < -0.4 is 20.1 Å². The first-order valence-electron chi connectivity index (χ1n) is 13.7. The molecule has 6 rings (SSSR count). The summed E-state index contributed by atoms with van der Waals surface area (Å²) in [5, 5.41) is 6.42. The number of benzene rings is 2. The number of methoxy groups -OCH3 is 1. The number of nitrogens with zero attached hydrogens (tertiary/aromatic N) is 1. The van der Waals surface area contributed by atoms with Gasteiger partial charge in [-0.05, 0) is 81.3 Å². The number of hydrogen-bond donors (Lipinski definition) is 2. The molecule has 0 spiro atoms. The first kappa shape index (κ1) is 26.2. The molecule has 9 nitrogen and oxygen atoms in total. The maximum absolute atomic E-state index is 13.9. The summed E-state index contributed by atoms with van der Waals surface area (Å²) < 4.78 is 31.3. The van der Waals surface area contributed by atoms with Crippen LogP contribution in [0.2, 0.25) is 0 Å². The number of hydrogen-bond acceptors (Lipinski definition) is 6. The van der Waals surface area contributed by atoms with E-state index in [2.05, 4.69) is 10.6 Å². The SMILES string of the molecule is COc1ccc(F)cc1CNC(=O)C1(C)COc2c(oc3cc(C(=O)NC4CCC4)ccc23)C(=O)N1CC1CC1. The largest absolute Gasteiger partial charge is 0.496 e. The highest BCUT2D eigenvalue weighted by Crippen LogP contribution is 2.41. The Kier molecular flexibility index (Phi) is 6.64. The summed E-state index contributed by atoms with van der Waals surface area (Å²) >= 11 is 0. The van der Waals surface area contributed by atoms with Crippen molar-refractivity contribution in [3.05, 3.63) is 59.1 Å². The minimum Gasteiger partial charge on any atom is -0.496 e. The van der Waals surface area contributed by atoms with Crippen LogP contribution in [0.1, 0.15) is 65.5 Å². The van der Waals surface area contributed by atoms with Gasteiger partial charge in [-0.15, -0.1) is 0 Å². The standard InChI is InChI=1S/C30H32FN3O6/c1-30(29(37)32-14-19-12-20(31)9-11-23(19)38-2)16-39-25-22-10-8-18(27(35)33-21-4-3-5-21)13-24(22)40-26(25)28(36)34(30)15-17-6-7-17/h8-13,17,21H,3-7,14-16H2,1-2H3,(H,32,37)(H,33,35). The number of amides is 3. The lowest BCUT2D eigenvalue weighted by atomic mass is 9.93. The number of rotatable bonds is 8. The zero-order valence-corrected chi connectivity index (χ0v) is 22.6. The van der Waals surface area contributed by atoms with E-state index in [9.17, 15) is 18.8 Å². The Labute approximate surface area is 231 Å². The topological polar surface area (TPSA) is 110 Å². The van der Waals surface area contributed by atoms with Gasteiger partial charge in [-0.3, -0.25) is 14.4 Å². The zero-order chi connectivity index (χ0) is 28.0. The van der Waals surface area contributed by atoms with E-state index >= 15 is 0 Å². The minimum atomic E-state index is -1.35. The average Bonchev–Trinajstić information content (AvgIpc) is 3.69. The Morgan fingerprint density at radius 1 is 1.15 bits per heavy atom. The summed E-state index contributed by atoms with van der Waals surface area (Å²) in [6.07, 6.45) is 5.00. The summed E-state index contributed by atoms with van der Waals surface area (Å²) in [4.78, 5) is 41.8. The molecular formula is C30H32FN3O6. The molecule has 1 unspecified atom stereocenters. The highest BCUT2D eigenvalue weighted by molar-refractivity contribution is 6.06.